The molecule has 2 rings (SSSR count). The van der Waals surface area contributed by atoms with Crippen molar-refractivity contribution in [1.82, 2.24) is 15.1 Å². The van der Waals surface area contributed by atoms with Crippen molar-refractivity contribution in [3.8, 4) is 11.4 Å². The van der Waals surface area contributed by atoms with Crippen LogP contribution in [0.4, 0.5) is 0 Å². The molecule has 0 aliphatic rings. The van der Waals surface area contributed by atoms with Gasteiger partial charge in [0.1, 0.15) is 0 Å². The Morgan fingerprint density at radius 1 is 1.57 bits per heavy atom. The third-order valence-corrected chi connectivity index (χ3v) is 1.74. The van der Waals surface area contributed by atoms with E-state index in [1.54, 1.807) is 18.3 Å². The number of hydrogen-bond acceptors (Lipinski definition) is 5. The van der Waals surface area contributed by atoms with E-state index in [9.17, 15) is 4.79 Å². The first kappa shape index (κ1) is 8.64. The van der Waals surface area contributed by atoms with Gasteiger partial charge in [-0.1, -0.05) is 5.16 Å². The molecule has 2 aromatic rings. The van der Waals surface area contributed by atoms with E-state index in [4.69, 9.17) is 5.73 Å². The summed E-state index contributed by atoms with van der Waals surface area (Å²) in [5, 5.41) is 3.55. The van der Waals surface area contributed by atoms with Gasteiger partial charge in [0.25, 0.3) is 0 Å². The van der Waals surface area contributed by atoms with E-state index in [-0.39, 0.29) is 0 Å². The Kier molecular flexibility index (Phi) is 2.11. The fraction of sp³-hybridized carbons (Fsp3) is 0.125. The molecule has 0 bridgehead atoms. The fourth-order valence-electron chi connectivity index (χ4n) is 1.09. The van der Waals surface area contributed by atoms with Crippen molar-refractivity contribution in [2.75, 3.05) is 0 Å². The van der Waals surface area contributed by atoms with Gasteiger partial charge in [0.15, 0.2) is 5.82 Å². The molecule has 0 saturated heterocycles. The second-order valence-corrected chi connectivity index (χ2v) is 2.68. The molecule has 0 aliphatic carbocycles. The highest BCUT2D eigenvalue weighted by atomic mass is 16.5. The average Bonchev–Trinajstić information content (AvgIpc) is 2.65. The first-order chi connectivity index (χ1) is 6.79. The second-order valence-electron chi connectivity index (χ2n) is 2.68. The van der Waals surface area contributed by atoms with E-state index in [1.807, 2.05) is 0 Å². The van der Waals surface area contributed by atoms with Crippen LogP contribution in [0, 0.1) is 0 Å². The van der Waals surface area contributed by atoms with Crippen LogP contribution < -0.4 is 11.5 Å². The molecule has 0 unspecified atom stereocenters. The SMILES string of the molecule is NCc1cc(-c2noc(=O)[nH]2)ccn1. The number of aromatic amines is 1. The Balaban J connectivity index is 2.46. The van der Waals surface area contributed by atoms with Crippen LogP contribution in [-0.4, -0.2) is 15.1 Å². The molecule has 0 spiro atoms. The first-order valence-corrected chi connectivity index (χ1v) is 4.01. The molecule has 2 aromatic heterocycles. The number of nitrogens with zero attached hydrogens (tertiary/aromatic N) is 2. The molecule has 3 N–H and O–H groups in total. The molecule has 14 heavy (non-hydrogen) atoms. The molecule has 0 saturated carbocycles. The Hall–Kier alpha value is -1.95. The van der Waals surface area contributed by atoms with Gasteiger partial charge in [-0.3, -0.25) is 14.5 Å². The van der Waals surface area contributed by atoms with Crippen LogP contribution in [0.2, 0.25) is 0 Å². The lowest BCUT2D eigenvalue weighted by Gasteiger charge is -1.97. The van der Waals surface area contributed by atoms with Crippen molar-refractivity contribution in [1.29, 1.82) is 0 Å². The number of H-pyrrole nitrogens is 1. The van der Waals surface area contributed by atoms with Crippen molar-refractivity contribution in [3.63, 3.8) is 0 Å². The van der Waals surface area contributed by atoms with Crippen LogP contribution >= 0.6 is 0 Å². The molecule has 2 heterocycles. The number of aromatic nitrogens is 3. The summed E-state index contributed by atoms with van der Waals surface area (Å²) in [6.45, 7) is 0.343. The van der Waals surface area contributed by atoms with Crippen molar-refractivity contribution >= 4 is 0 Å². The minimum Gasteiger partial charge on any atom is -0.325 e. The van der Waals surface area contributed by atoms with Crippen LogP contribution in [0.1, 0.15) is 5.69 Å². The van der Waals surface area contributed by atoms with Gasteiger partial charge >= 0.3 is 5.76 Å². The predicted octanol–water partition coefficient (Wildman–Crippen LogP) is -0.116. The zero-order valence-electron chi connectivity index (χ0n) is 7.23. The summed E-state index contributed by atoms with van der Waals surface area (Å²) in [5.74, 6) is -0.196. The van der Waals surface area contributed by atoms with Gasteiger partial charge in [0.05, 0.1) is 5.69 Å². The summed E-state index contributed by atoms with van der Waals surface area (Å²) in [4.78, 5) is 17.1. The van der Waals surface area contributed by atoms with Gasteiger partial charge in [0, 0.05) is 18.3 Å². The highest BCUT2D eigenvalue weighted by molar-refractivity contribution is 5.53. The normalized spacial score (nSPS) is 10.4. The van der Waals surface area contributed by atoms with Crippen LogP contribution in [0.25, 0.3) is 11.4 Å². The monoisotopic (exact) mass is 192 g/mol. The summed E-state index contributed by atoms with van der Waals surface area (Å²) >= 11 is 0. The van der Waals surface area contributed by atoms with Crippen molar-refractivity contribution < 1.29 is 4.52 Å². The zero-order chi connectivity index (χ0) is 9.97. The Morgan fingerprint density at radius 2 is 2.43 bits per heavy atom. The van der Waals surface area contributed by atoms with E-state index in [0.717, 1.165) is 11.3 Å². The molecule has 0 amide bonds. The molecular weight excluding hydrogens is 184 g/mol. The van der Waals surface area contributed by atoms with E-state index < -0.39 is 5.76 Å². The van der Waals surface area contributed by atoms with Crippen LogP contribution in [-0.2, 0) is 6.54 Å². The smallest absolute Gasteiger partial charge is 0.325 e. The van der Waals surface area contributed by atoms with Crippen LogP contribution in [0.15, 0.2) is 27.6 Å². The first-order valence-electron chi connectivity index (χ1n) is 4.01. The molecule has 72 valence electrons. The number of pyridine rings is 1. The topological polar surface area (TPSA) is 97.8 Å². The summed E-state index contributed by atoms with van der Waals surface area (Å²) in [5.41, 5.74) is 6.88. The Labute approximate surface area is 78.8 Å². The molecule has 0 atom stereocenters. The summed E-state index contributed by atoms with van der Waals surface area (Å²) in [7, 11) is 0. The van der Waals surface area contributed by atoms with E-state index in [1.165, 1.54) is 0 Å². The Bertz CT molecular complexity index is 488. The molecule has 0 fully saturated rings. The lowest BCUT2D eigenvalue weighted by atomic mass is 10.2. The van der Waals surface area contributed by atoms with Gasteiger partial charge in [-0.15, -0.1) is 0 Å². The van der Waals surface area contributed by atoms with Gasteiger partial charge in [-0.25, -0.2) is 4.79 Å². The van der Waals surface area contributed by atoms with Gasteiger partial charge < -0.3 is 5.73 Å². The highest BCUT2D eigenvalue weighted by Gasteiger charge is 2.04. The lowest BCUT2D eigenvalue weighted by molar-refractivity contribution is 0.388. The van der Waals surface area contributed by atoms with Crippen LogP contribution in [0.3, 0.4) is 0 Å². The molecule has 6 heteroatoms. The maximum Gasteiger partial charge on any atom is 0.439 e. The molecular formula is C8H8N4O2. The maximum atomic E-state index is 10.7. The average molecular weight is 192 g/mol. The molecule has 0 aliphatic heterocycles. The maximum absolute atomic E-state index is 10.7. The van der Waals surface area contributed by atoms with E-state index in [0.29, 0.717) is 12.4 Å². The van der Waals surface area contributed by atoms with E-state index >= 15 is 0 Å². The second kappa shape index (κ2) is 3.43. The lowest BCUT2D eigenvalue weighted by Crippen LogP contribution is -2.00. The molecule has 0 radical (unpaired) electrons. The molecule has 0 aromatic carbocycles. The number of hydrogen-bond donors (Lipinski definition) is 2. The van der Waals surface area contributed by atoms with E-state index in [2.05, 4.69) is 19.6 Å². The zero-order valence-corrected chi connectivity index (χ0v) is 7.23. The van der Waals surface area contributed by atoms with Gasteiger partial charge in [-0.2, -0.15) is 0 Å². The largest absolute Gasteiger partial charge is 0.439 e. The standard InChI is InChI=1S/C8H8N4O2/c9-4-6-3-5(1-2-10-6)7-11-8(13)14-12-7/h1-3H,4,9H2,(H,11,12,13). The number of rotatable bonds is 2. The summed E-state index contributed by atoms with van der Waals surface area (Å²) in [6.07, 6.45) is 1.60. The van der Waals surface area contributed by atoms with Crippen molar-refractivity contribution in [2.24, 2.45) is 5.73 Å². The quantitative estimate of drug-likeness (QED) is 0.691. The fourth-order valence-corrected chi connectivity index (χ4v) is 1.09. The third-order valence-electron chi connectivity index (χ3n) is 1.74. The number of nitrogens with two attached hydrogens (primary N) is 1. The minimum atomic E-state index is -0.578. The number of nitrogens with one attached hydrogen (secondary N) is 1. The molecule has 6 nitrogen and oxygen atoms in total. The van der Waals surface area contributed by atoms with Gasteiger partial charge in [-0.05, 0) is 12.1 Å². The van der Waals surface area contributed by atoms with Crippen LogP contribution in [0.5, 0.6) is 0 Å². The summed E-state index contributed by atoms with van der Waals surface area (Å²) in [6, 6.07) is 3.46. The highest BCUT2D eigenvalue weighted by Crippen LogP contribution is 2.12. The Morgan fingerprint density at radius 3 is 3.07 bits per heavy atom. The summed E-state index contributed by atoms with van der Waals surface area (Å²) < 4.78 is 4.38. The van der Waals surface area contributed by atoms with Crippen molar-refractivity contribution in [3.05, 3.63) is 34.6 Å². The van der Waals surface area contributed by atoms with Gasteiger partial charge in [0.2, 0.25) is 0 Å². The predicted molar refractivity (Wildman–Crippen MR) is 48.2 cm³/mol. The third kappa shape index (κ3) is 1.55. The van der Waals surface area contributed by atoms with Crippen molar-refractivity contribution in [2.45, 2.75) is 6.54 Å². The minimum absolute atomic E-state index is 0.343.